The molecule has 0 bridgehead atoms. The van der Waals surface area contributed by atoms with Crippen LogP contribution in [0.4, 0.5) is 5.13 Å². The van der Waals surface area contributed by atoms with Crippen molar-refractivity contribution in [3.05, 3.63) is 76.8 Å². The first kappa shape index (κ1) is 26.4. The number of methoxy groups -OCH3 is 1. The summed E-state index contributed by atoms with van der Waals surface area (Å²) in [6.45, 7) is 6.47. The Morgan fingerprint density at radius 2 is 1.92 bits per heavy atom. The number of carbonyl (C=O) groups is 1. The van der Waals surface area contributed by atoms with Crippen LogP contribution in [0.2, 0.25) is 0 Å². The standard InChI is InChI=1S/C27H28N4O4S/c1-4-8-20-10-6-7-11-22(20)34-14-15-35-23-13-12-19(17-24(23)33-3)16-21(18-28)26(32)29-27-31-30-25(36-27)9-5-2/h4,6-7,10-13,16-17H,1,5,8-9,14-15H2,2-3H3,(H,29,31,32)/b21-16-. The molecule has 0 aliphatic rings. The molecular formula is C27H28N4O4S. The summed E-state index contributed by atoms with van der Waals surface area (Å²) >= 11 is 1.30. The summed E-state index contributed by atoms with van der Waals surface area (Å²) in [5, 5.41) is 21.3. The second-order valence-electron chi connectivity index (χ2n) is 7.58. The van der Waals surface area contributed by atoms with E-state index in [0.29, 0.717) is 35.4 Å². The maximum Gasteiger partial charge on any atom is 0.268 e. The third kappa shape index (κ3) is 7.42. The lowest BCUT2D eigenvalue weighted by molar-refractivity contribution is -0.112. The number of nitrogens with zero attached hydrogens (tertiary/aromatic N) is 3. The van der Waals surface area contributed by atoms with Gasteiger partial charge in [0.2, 0.25) is 5.13 Å². The quantitative estimate of drug-likeness (QED) is 0.147. The molecule has 0 saturated carbocycles. The number of aromatic nitrogens is 2. The highest BCUT2D eigenvalue weighted by Crippen LogP contribution is 2.29. The molecule has 0 aliphatic carbocycles. The van der Waals surface area contributed by atoms with Crippen molar-refractivity contribution in [1.29, 1.82) is 5.26 Å². The molecule has 2 aromatic carbocycles. The molecule has 0 aliphatic heterocycles. The van der Waals surface area contributed by atoms with Gasteiger partial charge < -0.3 is 14.2 Å². The van der Waals surface area contributed by atoms with E-state index in [4.69, 9.17) is 14.2 Å². The second kappa shape index (κ2) is 13.7. The molecule has 3 rings (SSSR count). The molecule has 8 nitrogen and oxygen atoms in total. The molecule has 0 radical (unpaired) electrons. The molecule has 3 aromatic rings. The van der Waals surface area contributed by atoms with Crippen molar-refractivity contribution >= 4 is 28.5 Å². The molecule has 1 amide bonds. The number of ether oxygens (including phenoxy) is 3. The lowest BCUT2D eigenvalue weighted by Gasteiger charge is -2.13. The van der Waals surface area contributed by atoms with Gasteiger partial charge in [-0.15, -0.1) is 16.8 Å². The summed E-state index contributed by atoms with van der Waals surface area (Å²) < 4.78 is 17.1. The summed E-state index contributed by atoms with van der Waals surface area (Å²) in [6.07, 6.45) is 5.76. The normalized spacial score (nSPS) is 10.9. The van der Waals surface area contributed by atoms with Crippen LogP contribution in [0.25, 0.3) is 6.08 Å². The minimum absolute atomic E-state index is 0.0652. The predicted molar refractivity (Wildman–Crippen MR) is 140 cm³/mol. The van der Waals surface area contributed by atoms with Gasteiger partial charge >= 0.3 is 0 Å². The Bertz CT molecular complexity index is 1260. The second-order valence-corrected chi connectivity index (χ2v) is 8.64. The average Bonchev–Trinajstić information content (AvgIpc) is 3.33. The van der Waals surface area contributed by atoms with Crippen molar-refractivity contribution in [2.45, 2.75) is 26.2 Å². The minimum Gasteiger partial charge on any atom is -0.493 e. The number of nitrogens with one attached hydrogen (secondary N) is 1. The largest absolute Gasteiger partial charge is 0.493 e. The van der Waals surface area contributed by atoms with E-state index < -0.39 is 5.91 Å². The molecule has 1 N–H and O–H groups in total. The monoisotopic (exact) mass is 504 g/mol. The van der Waals surface area contributed by atoms with Crippen LogP contribution in [0, 0.1) is 11.3 Å². The average molecular weight is 505 g/mol. The zero-order valence-electron chi connectivity index (χ0n) is 20.3. The van der Waals surface area contributed by atoms with Crippen LogP contribution in [-0.4, -0.2) is 36.4 Å². The van der Waals surface area contributed by atoms with Crippen molar-refractivity contribution < 1.29 is 19.0 Å². The lowest BCUT2D eigenvalue weighted by atomic mass is 10.1. The molecule has 9 heteroatoms. The number of anilines is 1. The van der Waals surface area contributed by atoms with Crippen molar-refractivity contribution in [3.8, 4) is 23.3 Å². The Balaban J connectivity index is 1.61. The van der Waals surface area contributed by atoms with Gasteiger partial charge in [-0.25, -0.2) is 0 Å². The molecule has 36 heavy (non-hydrogen) atoms. The van der Waals surface area contributed by atoms with Crippen LogP contribution in [0.1, 0.15) is 29.5 Å². The van der Waals surface area contributed by atoms with E-state index in [1.165, 1.54) is 24.5 Å². The zero-order valence-corrected chi connectivity index (χ0v) is 21.1. The highest BCUT2D eigenvalue weighted by atomic mass is 32.1. The first-order valence-electron chi connectivity index (χ1n) is 11.5. The SMILES string of the molecule is C=CCc1ccccc1OCCOc1ccc(/C=C(/C#N)C(=O)Nc2nnc(CCC)s2)cc1OC. The fourth-order valence-electron chi connectivity index (χ4n) is 3.26. The molecule has 1 aromatic heterocycles. The van der Waals surface area contributed by atoms with Gasteiger partial charge in [-0.1, -0.05) is 48.6 Å². The summed E-state index contributed by atoms with van der Waals surface area (Å²) in [7, 11) is 1.53. The van der Waals surface area contributed by atoms with Crippen LogP contribution in [0.15, 0.2) is 60.7 Å². The zero-order chi connectivity index (χ0) is 25.8. The number of hydrogen-bond donors (Lipinski definition) is 1. The topological polar surface area (TPSA) is 106 Å². The number of hydrogen-bond acceptors (Lipinski definition) is 8. The van der Waals surface area contributed by atoms with Gasteiger partial charge in [0, 0.05) is 6.42 Å². The van der Waals surface area contributed by atoms with Gasteiger partial charge in [0.15, 0.2) is 11.5 Å². The van der Waals surface area contributed by atoms with Gasteiger partial charge in [-0.2, -0.15) is 5.26 Å². The van der Waals surface area contributed by atoms with Crippen LogP contribution in [0.3, 0.4) is 0 Å². The Kier molecular flexibility index (Phi) is 10.0. The first-order chi connectivity index (χ1) is 17.6. The van der Waals surface area contributed by atoms with Crippen molar-refractivity contribution in [1.82, 2.24) is 10.2 Å². The minimum atomic E-state index is -0.551. The first-order valence-corrected chi connectivity index (χ1v) is 12.3. The van der Waals surface area contributed by atoms with E-state index in [2.05, 4.69) is 22.1 Å². The lowest BCUT2D eigenvalue weighted by Crippen LogP contribution is -2.13. The van der Waals surface area contributed by atoms with Crippen LogP contribution in [-0.2, 0) is 17.6 Å². The molecule has 0 spiro atoms. The maximum absolute atomic E-state index is 12.6. The number of rotatable bonds is 13. The predicted octanol–water partition coefficient (Wildman–Crippen LogP) is 5.23. The van der Waals surface area contributed by atoms with E-state index in [0.717, 1.165) is 35.6 Å². The summed E-state index contributed by atoms with van der Waals surface area (Å²) in [4.78, 5) is 12.6. The molecule has 1 heterocycles. The summed E-state index contributed by atoms with van der Waals surface area (Å²) in [5.41, 5.74) is 1.61. The van der Waals surface area contributed by atoms with Gasteiger partial charge in [0.25, 0.3) is 5.91 Å². The fraction of sp³-hybridized carbons (Fsp3) is 0.259. The molecule has 0 unspecified atom stereocenters. The summed E-state index contributed by atoms with van der Waals surface area (Å²) in [5.74, 6) is 1.25. The number of amides is 1. The Morgan fingerprint density at radius 3 is 2.64 bits per heavy atom. The van der Waals surface area contributed by atoms with Crippen molar-refractivity contribution in [3.63, 3.8) is 0 Å². The Morgan fingerprint density at radius 1 is 1.14 bits per heavy atom. The van der Waals surface area contributed by atoms with Gasteiger partial charge in [-0.3, -0.25) is 10.1 Å². The third-order valence-corrected chi connectivity index (χ3v) is 5.85. The molecule has 0 saturated heterocycles. The Labute approximate surface area is 214 Å². The number of benzene rings is 2. The molecule has 0 atom stereocenters. The van der Waals surface area contributed by atoms with E-state index in [9.17, 15) is 10.1 Å². The molecule has 186 valence electrons. The fourth-order valence-corrected chi connectivity index (χ4v) is 4.10. The number of allylic oxidation sites excluding steroid dienone is 1. The summed E-state index contributed by atoms with van der Waals surface area (Å²) in [6, 6.07) is 14.9. The highest BCUT2D eigenvalue weighted by molar-refractivity contribution is 7.15. The van der Waals surface area contributed by atoms with Crippen LogP contribution in [0.5, 0.6) is 17.2 Å². The smallest absolute Gasteiger partial charge is 0.268 e. The molecule has 0 fully saturated rings. The van der Waals surface area contributed by atoms with E-state index in [1.54, 1.807) is 18.2 Å². The number of para-hydroxylation sites is 1. The van der Waals surface area contributed by atoms with E-state index in [-0.39, 0.29) is 5.57 Å². The van der Waals surface area contributed by atoms with Gasteiger partial charge in [0.1, 0.15) is 35.6 Å². The van der Waals surface area contributed by atoms with Crippen molar-refractivity contribution in [2.75, 3.05) is 25.6 Å². The van der Waals surface area contributed by atoms with Gasteiger partial charge in [0.05, 0.1) is 7.11 Å². The number of aryl methyl sites for hydroxylation is 1. The maximum atomic E-state index is 12.6. The van der Waals surface area contributed by atoms with Crippen LogP contribution < -0.4 is 19.5 Å². The van der Waals surface area contributed by atoms with Crippen LogP contribution >= 0.6 is 11.3 Å². The number of carbonyl (C=O) groups excluding carboxylic acids is 1. The van der Waals surface area contributed by atoms with E-state index >= 15 is 0 Å². The van der Waals surface area contributed by atoms with Crippen molar-refractivity contribution in [2.24, 2.45) is 0 Å². The molecular weight excluding hydrogens is 476 g/mol. The number of nitriles is 1. The third-order valence-electron chi connectivity index (χ3n) is 4.95. The van der Waals surface area contributed by atoms with Gasteiger partial charge in [-0.05, 0) is 48.2 Å². The van der Waals surface area contributed by atoms with E-state index in [1.807, 2.05) is 43.3 Å². The Hall–Kier alpha value is -4.16. The highest BCUT2D eigenvalue weighted by Gasteiger charge is 2.14.